The first kappa shape index (κ1) is 17.2. The van der Waals surface area contributed by atoms with Crippen LogP contribution in [0.5, 0.6) is 0 Å². The lowest BCUT2D eigenvalue weighted by molar-refractivity contribution is -0.119. The molecular weight excluding hydrogens is 314 g/mol. The summed E-state index contributed by atoms with van der Waals surface area (Å²) in [6.45, 7) is 4.40. The van der Waals surface area contributed by atoms with E-state index in [1.807, 2.05) is 26.0 Å². The van der Waals surface area contributed by atoms with Crippen LogP contribution in [0.4, 0.5) is 11.4 Å². The third kappa shape index (κ3) is 4.25. The monoisotopic (exact) mass is 337 g/mol. The summed E-state index contributed by atoms with van der Waals surface area (Å²) in [6, 6.07) is 15.1. The SMILES string of the molecule is CC(C)C(=O)Nc1ccc(NC(=O)C2Cc3ccccc3CN2)cc1. The van der Waals surface area contributed by atoms with Crippen molar-refractivity contribution in [3.8, 4) is 0 Å². The fourth-order valence-electron chi connectivity index (χ4n) is 2.79. The molecule has 2 amide bonds. The van der Waals surface area contributed by atoms with Gasteiger partial charge in [0.15, 0.2) is 0 Å². The number of amides is 2. The van der Waals surface area contributed by atoms with E-state index >= 15 is 0 Å². The van der Waals surface area contributed by atoms with Crippen LogP contribution in [-0.4, -0.2) is 17.9 Å². The lowest BCUT2D eigenvalue weighted by atomic mass is 9.95. The molecule has 25 heavy (non-hydrogen) atoms. The maximum atomic E-state index is 12.5. The molecular formula is C20H23N3O2. The number of nitrogens with one attached hydrogen (secondary N) is 3. The zero-order valence-electron chi connectivity index (χ0n) is 14.5. The van der Waals surface area contributed by atoms with Crippen molar-refractivity contribution in [3.05, 3.63) is 59.7 Å². The van der Waals surface area contributed by atoms with Crippen LogP contribution < -0.4 is 16.0 Å². The Kier molecular flexibility index (Phi) is 5.14. The fraction of sp³-hybridized carbons (Fsp3) is 0.300. The average Bonchev–Trinajstić information content (AvgIpc) is 2.62. The second kappa shape index (κ2) is 7.49. The van der Waals surface area contributed by atoms with Crippen molar-refractivity contribution in [2.24, 2.45) is 5.92 Å². The van der Waals surface area contributed by atoms with Crippen molar-refractivity contribution in [1.29, 1.82) is 0 Å². The molecule has 130 valence electrons. The van der Waals surface area contributed by atoms with Gasteiger partial charge in [0, 0.05) is 23.8 Å². The number of benzene rings is 2. The van der Waals surface area contributed by atoms with Gasteiger partial charge in [0.1, 0.15) is 0 Å². The van der Waals surface area contributed by atoms with Crippen molar-refractivity contribution in [2.45, 2.75) is 32.9 Å². The van der Waals surface area contributed by atoms with E-state index < -0.39 is 0 Å². The van der Waals surface area contributed by atoms with E-state index in [4.69, 9.17) is 0 Å². The number of carbonyl (C=O) groups is 2. The van der Waals surface area contributed by atoms with E-state index in [-0.39, 0.29) is 23.8 Å². The van der Waals surface area contributed by atoms with Gasteiger partial charge in [-0.05, 0) is 41.8 Å². The van der Waals surface area contributed by atoms with Crippen LogP contribution in [0.1, 0.15) is 25.0 Å². The second-order valence-corrected chi connectivity index (χ2v) is 6.62. The highest BCUT2D eigenvalue weighted by Crippen LogP contribution is 2.18. The average molecular weight is 337 g/mol. The van der Waals surface area contributed by atoms with Crippen molar-refractivity contribution in [3.63, 3.8) is 0 Å². The minimum Gasteiger partial charge on any atom is -0.326 e. The number of anilines is 2. The van der Waals surface area contributed by atoms with Crippen molar-refractivity contribution < 1.29 is 9.59 Å². The topological polar surface area (TPSA) is 70.2 Å². The molecule has 2 aromatic rings. The summed E-state index contributed by atoms with van der Waals surface area (Å²) in [5.74, 6) is -0.144. The molecule has 3 rings (SSSR count). The molecule has 5 heteroatoms. The predicted octanol–water partition coefficient (Wildman–Crippen LogP) is 2.93. The van der Waals surface area contributed by atoms with E-state index in [0.717, 1.165) is 5.69 Å². The van der Waals surface area contributed by atoms with Gasteiger partial charge >= 0.3 is 0 Å². The molecule has 2 aromatic carbocycles. The van der Waals surface area contributed by atoms with Gasteiger partial charge in [-0.3, -0.25) is 9.59 Å². The standard InChI is InChI=1S/C20H23N3O2/c1-13(2)19(24)22-16-7-9-17(10-8-16)23-20(25)18-11-14-5-3-4-6-15(14)12-21-18/h3-10,13,18,21H,11-12H2,1-2H3,(H,22,24)(H,23,25). The first-order valence-corrected chi connectivity index (χ1v) is 8.55. The van der Waals surface area contributed by atoms with E-state index in [9.17, 15) is 9.59 Å². The molecule has 0 radical (unpaired) electrons. The third-order valence-electron chi connectivity index (χ3n) is 4.34. The number of fused-ring (bicyclic) bond motifs is 1. The van der Waals surface area contributed by atoms with Gasteiger partial charge < -0.3 is 16.0 Å². The Labute approximate surface area is 147 Å². The summed E-state index contributed by atoms with van der Waals surface area (Å²) in [5.41, 5.74) is 3.90. The lowest BCUT2D eigenvalue weighted by Crippen LogP contribution is -2.44. The Bertz CT molecular complexity index is 769. The first-order valence-electron chi connectivity index (χ1n) is 8.55. The summed E-state index contributed by atoms with van der Waals surface area (Å²) < 4.78 is 0. The summed E-state index contributed by atoms with van der Waals surface area (Å²) in [5, 5.41) is 9.04. The van der Waals surface area contributed by atoms with Gasteiger partial charge in [0.05, 0.1) is 6.04 Å². The van der Waals surface area contributed by atoms with Gasteiger partial charge in [-0.15, -0.1) is 0 Å². The zero-order chi connectivity index (χ0) is 17.8. The van der Waals surface area contributed by atoms with Crippen molar-refractivity contribution in [1.82, 2.24) is 5.32 Å². The molecule has 1 heterocycles. The third-order valence-corrected chi connectivity index (χ3v) is 4.34. The Balaban J connectivity index is 1.59. The molecule has 0 saturated carbocycles. The Morgan fingerprint density at radius 3 is 2.20 bits per heavy atom. The highest BCUT2D eigenvalue weighted by Gasteiger charge is 2.23. The Hall–Kier alpha value is -2.66. The molecule has 0 aliphatic carbocycles. The maximum absolute atomic E-state index is 12.5. The van der Waals surface area contributed by atoms with Crippen LogP contribution in [0, 0.1) is 5.92 Å². The maximum Gasteiger partial charge on any atom is 0.241 e. The Morgan fingerprint density at radius 1 is 0.960 bits per heavy atom. The summed E-state index contributed by atoms with van der Waals surface area (Å²) in [6.07, 6.45) is 0.685. The summed E-state index contributed by atoms with van der Waals surface area (Å²) in [4.78, 5) is 24.2. The van der Waals surface area contributed by atoms with Gasteiger partial charge in [-0.1, -0.05) is 38.1 Å². The van der Waals surface area contributed by atoms with Crippen LogP contribution in [0.3, 0.4) is 0 Å². The molecule has 3 N–H and O–H groups in total. The largest absolute Gasteiger partial charge is 0.326 e. The predicted molar refractivity (Wildman–Crippen MR) is 99.3 cm³/mol. The van der Waals surface area contributed by atoms with E-state index in [2.05, 4.69) is 28.1 Å². The normalized spacial score (nSPS) is 16.2. The molecule has 1 unspecified atom stereocenters. The minimum atomic E-state index is -0.241. The fourth-order valence-corrected chi connectivity index (χ4v) is 2.79. The van der Waals surface area contributed by atoms with E-state index in [1.54, 1.807) is 24.3 Å². The van der Waals surface area contributed by atoms with Gasteiger partial charge in [-0.25, -0.2) is 0 Å². The molecule has 0 aromatic heterocycles. The number of rotatable bonds is 4. The summed E-state index contributed by atoms with van der Waals surface area (Å²) >= 11 is 0. The van der Waals surface area contributed by atoms with Crippen LogP contribution in [0.15, 0.2) is 48.5 Å². The number of hydrogen-bond acceptors (Lipinski definition) is 3. The van der Waals surface area contributed by atoms with E-state index in [1.165, 1.54) is 11.1 Å². The molecule has 1 aliphatic heterocycles. The van der Waals surface area contributed by atoms with Crippen LogP contribution in [0.2, 0.25) is 0 Å². The quantitative estimate of drug-likeness (QED) is 0.803. The molecule has 1 aliphatic rings. The van der Waals surface area contributed by atoms with Crippen LogP contribution in [0.25, 0.3) is 0 Å². The second-order valence-electron chi connectivity index (χ2n) is 6.62. The lowest BCUT2D eigenvalue weighted by Gasteiger charge is -2.25. The van der Waals surface area contributed by atoms with Crippen LogP contribution in [-0.2, 0) is 22.6 Å². The molecule has 1 atom stereocenters. The van der Waals surface area contributed by atoms with Gasteiger partial charge in [0.25, 0.3) is 0 Å². The highest BCUT2D eigenvalue weighted by atomic mass is 16.2. The summed E-state index contributed by atoms with van der Waals surface area (Å²) in [7, 11) is 0. The first-order chi connectivity index (χ1) is 12.0. The molecule has 5 nitrogen and oxygen atoms in total. The number of hydrogen-bond donors (Lipinski definition) is 3. The highest BCUT2D eigenvalue weighted by molar-refractivity contribution is 5.96. The zero-order valence-corrected chi connectivity index (χ0v) is 14.5. The van der Waals surface area contributed by atoms with Gasteiger partial charge in [0.2, 0.25) is 11.8 Å². The number of carbonyl (C=O) groups excluding carboxylic acids is 2. The minimum absolute atomic E-state index is 0.0261. The van der Waals surface area contributed by atoms with Crippen molar-refractivity contribution >= 4 is 23.2 Å². The molecule has 0 saturated heterocycles. The molecule has 0 fully saturated rings. The molecule has 0 spiro atoms. The van der Waals surface area contributed by atoms with Crippen molar-refractivity contribution in [2.75, 3.05) is 10.6 Å². The molecule has 0 bridgehead atoms. The van der Waals surface area contributed by atoms with Gasteiger partial charge in [-0.2, -0.15) is 0 Å². The Morgan fingerprint density at radius 2 is 1.56 bits per heavy atom. The van der Waals surface area contributed by atoms with E-state index in [0.29, 0.717) is 18.7 Å². The van der Waals surface area contributed by atoms with Crippen LogP contribution >= 0.6 is 0 Å². The smallest absolute Gasteiger partial charge is 0.241 e.